The molecule has 11 heteroatoms. The van der Waals surface area contributed by atoms with Gasteiger partial charge in [0, 0.05) is 45.6 Å². The van der Waals surface area contributed by atoms with Gasteiger partial charge < -0.3 is 14.7 Å². The molecule has 1 spiro atoms. The number of nitriles is 1. The van der Waals surface area contributed by atoms with Gasteiger partial charge in [-0.05, 0) is 48.9 Å². The Labute approximate surface area is 201 Å². The summed E-state index contributed by atoms with van der Waals surface area (Å²) in [6.45, 7) is 1.32. The highest BCUT2D eigenvalue weighted by Gasteiger charge is 2.50. The SMILES string of the molecule is CN(C)C(=O)C1CC2(CCN(c3ccc(C#N)c(C(F)(F)F)c3)CC2)CN1C(=O)c1ccncn1. The summed E-state index contributed by atoms with van der Waals surface area (Å²) in [7, 11) is 3.29. The zero-order valence-corrected chi connectivity index (χ0v) is 19.4. The number of nitrogens with zero attached hydrogens (tertiary/aromatic N) is 6. The molecule has 2 aromatic rings. The zero-order chi connectivity index (χ0) is 25.4. The van der Waals surface area contributed by atoms with Crippen LogP contribution in [0.5, 0.6) is 0 Å². The van der Waals surface area contributed by atoms with Gasteiger partial charge in [0.15, 0.2) is 0 Å². The van der Waals surface area contributed by atoms with E-state index < -0.39 is 23.3 Å². The minimum absolute atomic E-state index is 0.173. The monoisotopic (exact) mass is 486 g/mol. The number of benzene rings is 1. The van der Waals surface area contributed by atoms with Crippen LogP contribution in [0.2, 0.25) is 0 Å². The first-order valence-corrected chi connectivity index (χ1v) is 11.2. The lowest BCUT2D eigenvalue weighted by molar-refractivity contribution is -0.137. The van der Waals surface area contributed by atoms with Crippen LogP contribution in [0.25, 0.3) is 0 Å². The van der Waals surface area contributed by atoms with E-state index in [0.29, 0.717) is 44.6 Å². The van der Waals surface area contributed by atoms with Crippen LogP contribution in [-0.4, -0.2) is 71.4 Å². The fraction of sp³-hybridized carbons (Fsp3) is 0.458. The highest BCUT2D eigenvalue weighted by molar-refractivity contribution is 5.96. The predicted octanol–water partition coefficient (Wildman–Crippen LogP) is 2.96. The molecule has 0 N–H and O–H groups in total. The first-order chi connectivity index (χ1) is 16.5. The summed E-state index contributed by atoms with van der Waals surface area (Å²) in [6.07, 6.45) is -0.160. The van der Waals surface area contributed by atoms with Gasteiger partial charge in [-0.1, -0.05) is 0 Å². The molecule has 184 valence electrons. The summed E-state index contributed by atoms with van der Waals surface area (Å²) in [6, 6.07) is 6.24. The Balaban J connectivity index is 1.55. The van der Waals surface area contributed by atoms with Gasteiger partial charge in [-0.15, -0.1) is 0 Å². The van der Waals surface area contributed by atoms with E-state index in [1.54, 1.807) is 25.1 Å². The number of amides is 2. The first-order valence-electron chi connectivity index (χ1n) is 11.2. The van der Waals surface area contributed by atoms with Crippen molar-refractivity contribution >= 4 is 17.5 Å². The van der Waals surface area contributed by atoms with Gasteiger partial charge in [0.2, 0.25) is 5.91 Å². The number of carbonyl (C=O) groups is 2. The number of likely N-dealkylation sites (N-methyl/N-ethyl adjacent to an activating group) is 1. The number of hydrogen-bond acceptors (Lipinski definition) is 6. The number of aromatic nitrogens is 2. The summed E-state index contributed by atoms with van der Waals surface area (Å²) in [5.74, 6) is -0.512. The van der Waals surface area contributed by atoms with E-state index >= 15 is 0 Å². The third-order valence-corrected chi connectivity index (χ3v) is 6.91. The number of alkyl halides is 3. The van der Waals surface area contributed by atoms with Crippen molar-refractivity contribution in [3.8, 4) is 6.07 Å². The first kappa shape index (κ1) is 24.4. The standard InChI is InChI=1S/C24H25F3N6O2/c1-31(2)22(35)20-12-23(14-33(20)21(34)19-5-8-29-15-30-19)6-9-32(10-7-23)17-4-3-16(13-28)18(11-17)24(25,26)27/h3-5,8,11,15,20H,6-7,9-10,12,14H2,1-2H3. The van der Waals surface area contributed by atoms with Gasteiger partial charge in [0.25, 0.3) is 5.91 Å². The molecule has 8 nitrogen and oxygen atoms in total. The van der Waals surface area contributed by atoms with Crippen LogP contribution in [0, 0.1) is 16.7 Å². The molecular weight excluding hydrogens is 461 g/mol. The quantitative estimate of drug-likeness (QED) is 0.662. The van der Waals surface area contributed by atoms with Crippen molar-refractivity contribution in [2.24, 2.45) is 5.41 Å². The number of hydrogen-bond donors (Lipinski definition) is 0. The van der Waals surface area contributed by atoms with Crippen LogP contribution in [0.1, 0.15) is 40.9 Å². The van der Waals surface area contributed by atoms with E-state index in [2.05, 4.69) is 9.97 Å². The smallest absolute Gasteiger partial charge is 0.371 e. The summed E-state index contributed by atoms with van der Waals surface area (Å²) in [5, 5.41) is 9.05. The summed E-state index contributed by atoms with van der Waals surface area (Å²) in [4.78, 5) is 38.9. The zero-order valence-electron chi connectivity index (χ0n) is 19.4. The number of anilines is 1. The number of rotatable bonds is 3. The van der Waals surface area contributed by atoms with Crippen LogP contribution in [0.15, 0.2) is 36.8 Å². The Hall–Kier alpha value is -3.68. The highest BCUT2D eigenvalue weighted by atomic mass is 19.4. The minimum atomic E-state index is -4.62. The molecule has 2 amide bonds. The molecule has 1 aromatic heterocycles. The fourth-order valence-electron chi connectivity index (χ4n) is 5.02. The lowest BCUT2D eigenvalue weighted by Gasteiger charge is -2.40. The molecule has 3 heterocycles. The Morgan fingerprint density at radius 3 is 2.49 bits per heavy atom. The topological polar surface area (TPSA) is 93.4 Å². The van der Waals surface area contributed by atoms with Gasteiger partial charge in [-0.3, -0.25) is 9.59 Å². The van der Waals surface area contributed by atoms with Crippen molar-refractivity contribution in [3.05, 3.63) is 53.6 Å². The second-order valence-corrected chi connectivity index (χ2v) is 9.31. The number of piperidine rings is 1. The highest BCUT2D eigenvalue weighted by Crippen LogP contribution is 2.45. The Morgan fingerprint density at radius 2 is 1.91 bits per heavy atom. The van der Waals surface area contributed by atoms with Crippen molar-refractivity contribution in [2.45, 2.75) is 31.5 Å². The second kappa shape index (κ2) is 9.17. The normalized spacial score (nSPS) is 19.5. The van der Waals surface area contributed by atoms with Crippen molar-refractivity contribution < 1.29 is 22.8 Å². The van der Waals surface area contributed by atoms with Crippen LogP contribution >= 0.6 is 0 Å². The van der Waals surface area contributed by atoms with Crippen molar-refractivity contribution in [1.82, 2.24) is 19.8 Å². The average Bonchev–Trinajstić information content (AvgIpc) is 3.22. The average molecular weight is 486 g/mol. The molecule has 2 aliphatic rings. The largest absolute Gasteiger partial charge is 0.417 e. The molecule has 0 bridgehead atoms. The molecule has 2 fully saturated rings. The van der Waals surface area contributed by atoms with E-state index in [0.717, 1.165) is 6.07 Å². The summed E-state index contributed by atoms with van der Waals surface area (Å²) >= 11 is 0. The summed E-state index contributed by atoms with van der Waals surface area (Å²) in [5.41, 5.74) is -1.07. The molecule has 2 saturated heterocycles. The Morgan fingerprint density at radius 1 is 1.20 bits per heavy atom. The molecule has 0 radical (unpaired) electrons. The predicted molar refractivity (Wildman–Crippen MR) is 120 cm³/mol. The van der Waals surface area contributed by atoms with Gasteiger partial charge in [-0.2, -0.15) is 18.4 Å². The fourth-order valence-corrected chi connectivity index (χ4v) is 5.02. The molecule has 35 heavy (non-hydrogen) atoms. The minimum Gasteiger partial charge on any atom is -0.371 e. The molecule has 0 aliphatic carbocycles. The molecule has 0 saturated carbocycles. The Bertz CT molecular complexity index is 1150. The molecule has 1 aromatic carbocycles. The van der Waals surface area contributed by atoms with Crippen molar-refractivity contribution in [3.63, 3.8) is 0 Å². The van der Waals surface area contributed by atoms with Crippen LogP contribution in [0.4, 0.5) is 18.9 Å². The molecule has 4 rings (SSSR count). The van der Waals surface area contributed by atoms with Crippen LogP contribution in [-0.2, 0) is 11.0 Å². The molecule has 2 aliphatic heterocycles. The lowest BCUT2D eigenvalue weighted by atomic mass is 9.76. The van der Waals surface area contributed by atoms with Crippen LogP contribution in [0.3, 0.4) is 0 Å². The lowest BCUT2D eigenvalue weighted by Crippen LogP contribution is -2.46. The Kier molecular flexibility index (Phi) is 6.40. The number of carbonyl (C=O) groups excluding carboxylic acids is 2. The number of likely N-dealkylation sites (tertiary alicyclic amines) is 1. The molecule has 1 unspecified atom stereocenters. The third kappa shape index (κ3) is 4.78. The number of halogens is 3. The van der Waals surface area contributed by atoms with E-state index in [1.807, 2.05) is 4.90 Å². The van der Waals surface area contributed by atoms with Gasteiger partial charge in [0.05, 0.1) is 17.2 Å². The van der Waals surface area contributed by atoms with Gasteiger partial charge >= 0.3 is 6.18 Å². The van der Waals surface area contributed by atoms with Crippen molar-refractivity contribution in [2.75, 3.05) is 38.6 Å². The third-order valence-electron chi connectivity index (χ3n) is 6.91. The van der Waals surface area contributed by atoms with Gasteiger partial charge in [-0.25, -0.2) is 9.97 Å². The molecular formula is C24H25F3N6O2. The maximum Gasteiger partial charge on any atom is 0.417 e. The second-order valence-electron chi connectivity index (χ2n) is 9.31. The van der Waals surface area contributed by atoms with E-state index in [9.17, 15) is 22.8 Å². The maximum absolute atomic E-state index is 13.4. The molecule has 1 atom stereocenters. The van der Waals surface area contributed by atoms with E-state index in [-0.39, 0.29) is 22.9 Å². The van der Waals surface area contributed by atoms with E-state index in [1.165, 1.54) is 35.6 Å². The van der Waals surface area contributed by atoms with Crippen molar-refractivity contribution in [1.29, 1.82) is 5.26 Å². The maximum atomic E-state index is 13.4. The van der Waals surface area contributed by atoms with Crippen LogP contribution < -0.4 is 4.90 Å². The van der Waals surface area contributed by atoms with E-state index in [4.69, 9.17) is 5.26 Å². The summed E-state index contributed by atoms with van der Waals surface area (Å²) < 4.78 is 40.2. The van der Waals surface area contributed by atoms with Gasteiger partial charge in [0.1, 0.15) is 18.1 Å².